The second-order valence-corrected chi connectivity index (χ2v) is 3.35. The Kier molecular flexibility index (Phi) is 5.08. The first kappa shape index (κ1) is 13.6. The van der Waals surface area contributed by atoms with E-state index in [1.165, 1.54) is 20.4 Å². The average molecular weight is 244 g/mol. The van der Waals surface area contributed by atoms with Crippen molar-refractivity contribution in [1.82, 2.24) is 9.97 Å². The van der Waals surface area contributed by atoms with E-state index in [2.05, 4.69) is 9.97 Å². The van der Waals surface area contributed by atoms with Gasteiger partial charge < -0.3 is 24.8 Å². The van der Waals surface area contributed by atoms with Crippen molar-refractivity contribution in [1.29, 1.82) is 0 Å². The second-order valence-electron chi connectivity index (χ2n) is 3.35. The van der Waals surface area contributed by atoms with Crippen LogP contribution in [0.1, 0.15) is 18.1 Å². The van der Waals surface area contributed by atoms with Crippen LogP contribution in [0.2, 0.25) is 0 Å². The second kappa shape index (κ2) is 6.33. The van der Waals surface area contributed by atoms with Gasteiger partial charge in [-0.05, 0) is 6.42 Å². The van der Waals surface area contributed by atoms with Crippen LogP contribution >= 0.6 is 0 Å². The van der Waals surface area contributed by atoms with Crippen molar-refractivity contribution >= 4 is 0 Å². The molecule has 0 radical (unpaired) electrons. The molecule has 96 valence electrons. The van der Waals surface area contributed by atoms with Crippen LogP contribution in [0.5, 0.6) is 11.9 Å². The zero-order valence-electron chi connectivity index (χ0n) is 9.70. The van der Waals surface area contributed by atoms with E-state index in [1.807, 2.05) is 0 Å². The average Bonchev–Trinajstić information content (AvgIpc) is 2.37. The number of hydrogen-bond donors (Lipinski definition) is 3. The van der Waals surface area contributed by atoms with Gasteiger partial charge in [-0.25, -0.2) is 4.98 Å². The van der Waals surface area contributed by atoms with E-state index in [-0.39, 0.29) is 30.5 Å². The molecule has 0 aromatic carbocycles. The van der Waals surface area contributed by atoms with Gasteiger partial charge in [0.05, 0.1) is 25.9 Å². The quantitative estimate of drug-likeness (QED) is 0.606. The number of aliphatic hydroxyl groups is 3. The summed E-state index contributed by atoms with van der Waals surface area (Å²) in [5.41, 5.74) is 0.245. The van der Waals surface area contributed by atoms with Crippen LogP contribution in [0.3, 0.4) is 0 Å². The summed E-state index contributed by atoms with van der Waals surface area (Å²) in [5, 5.41) is 28.1. The largest absolute Gasteiger partial charge is 0.481 e. The smallest absolute Gasteiger partial charge is 0.319 e. The van der Waals surface area contributed by atoms with Gasteiger partial charge in [0, 0.05) is 12.8 Å². The van der Waals surface area contributed by atoms with Gasteiger partial charge in [-0.1, -0.05) is 0 Å². The van der Waals surface area contributed by atoms with Crippen molar-refractivity contribution in [3.63, 3.8) is 0 Å². The third kappa shape index (κ3) is 3.26. The molecule has 0 bridgehead atoms. The Morgan fingerprint density at radius 2 is 2.00 bits per heavy atom. The molecule has 1 rings (SSSR count). The van der Waals surface area contributed by atoms with Crippen molar-refractivity contribution in [2.24, 2.45) is 0 Å². The number of aliphatic hydroxyl groups excluding tert-OH is 3. The van der Waals surface area contributed by atoms with Crippen LogP contribution in [0.25, 0.3) is 0 Å². The van der Waals surface area contributed by atoms with Gasteiger partial charge in [0.15, 0.2) is 0 Å². The molecule has 0 amide bonds. The van der Waals surface area contributed by atoms with E-state index >= 15 is 0 Å². The highest BCUT2D eigenvalue weighted by molar-refractivity contribution is 5.28. The van der Waals surface area contributed by atoms with Gasteiger partial charge in [0.25, 0.3) is 0 Å². The van der Waals surface area contributed by atoms with Crippen LogP contribution < -0.4 is 9.47 Å². The summed E-state index contributed by atoms with van der Waals surface area (Å²) in [5.74, 6) is 0.126. The third-order valence-corrected chi connectivity index (χ3v) is 2.24. The fourth-order valence-corrected chi connectivity index (χ4v) is 1.32. The minimum absolute atomic E-state index is 0.0519. The summed E-state index contributed by atoms with van der Waals surface area (Å²) < 4.78 is 9.79. The van der Waals surface area contributed by atoms with Crippen molar-refractivity contribution in [3.8, 4) is 11.9 Å². The first-order valence-corrected chi connectivity index (χ1v) is 5.06. The Hall–Kier alpha value is -1.44. The molecule has 0 aliphatic carbocycles. The van der Waals surface area contributed by atoms with Crippen LogP contribution in [-0.4, -0.2) is 52.2 Å². The van der Waals surface area contributed by atoms with Crippen LogP contribution in [0.4, 0.5) is 0 Å². The molecule has 7 heteroatoms. The molecule has 0 spiro atoms. The van der Waals surface area contributed by atoms with Gasteiger partial charge in [0.1, 0.15) is 6.10 Å². The van der Waals surface area contributed by atoms with E-state index < -0.39 is 12.2 Å². The van der Waals surface area contributed by atoms with Crippen LogP contribution in [0.15, 0.2) is 6.20 Å². The lowest BCUT2D eigenvalue weighted by Crippen LogP contribution is -2.20. The molecule has 0 aliphatic heterocycles. The van der Waals surface area contributed by atoms with Crippen molar-refractivity contribution in [3.05, 3.63) is 11.8 Å². The molecule has 1 aromatic rings. The molecular formula is C10H16N2O5. The van der Waals surface area contributed by atoms with E-state index in [9.17, 15) is 10.2 Å². The summed E-state index contributed by atoms with van der Waals surface area (Å²) in [6, 6.07) is 0.106. The molecule has 7 nitrogen and oxygen atoms in total. The Balaban J connectivity index is 2.96. The fourth-order valence-electron chi connectivity index (χ4n) is 1.32. The molecule has 0 aliphatic rings. The number of hydrogen-bond acceptors (Lipinski definition) is 7. The van der Waals surface area contributed by atoms with Crippen molar-refractivity contribution < 1.29 is 24.8 Å². The molecule has 3 N–H and O–H groups in total. The molecule has 0 fully saturated rings. The van der Waals surface area contributed by atoms with E-state index in [1.54, 1.807) is 0 Å². The predicted molar refractivity (Wildman–Crippen MR) is 57.8 cm³/mol. The minimum atomic E-state index is -1.22. The zero-order chi connectivity index (χ0) is 12.8. The summed E-state index contributed by atoms with van der Waals surface area (Å²) in [6.45, 7) is -0.225. The first-order valence-electron chi connectivity index (χ1n) is 5.06. The summed E-state index contributed by atoms with van der Waals surface area (Å²) in [7, 11) is 2.79. The highest BCUT2D eigenvalue weighted by Gasteiger charge is 2.23. The summed E-state index contributed by atoms with van der Waals surface area (Å²) >= 11 is 0. The summed E-state index contributed by atoms with van der Waals surface area (Å²) in [4.78, 5) is 7.71. The lowest BCUT2D eigenvalue weighted by atomic mass is 10.1. The van der Waals surface area contributed by atoms with Crippen LogP contribution in [0, 0.1) is 0 Å². The minimum Gasteiger partial charge on any atom is -0.481 e. The van der Waals surface area contributed by atoms with Gasteiger partial charge in [-0.2, -0.15) is 4.98 Å². The number of ether oxygens (including phenoxy) is 2. The molecular weight excluding hydrogens is 228 g/mol. The Bertz CT molecular complexity index is 361. The molecule has 17 heavy (non-hydrogen) atoms. The lowest BCUT2D eigenvalue weighted by molar-refractivity contribution is 0.00242. The number of nitrogens with zero attached hydrogens (tertiary/aromatic N) is 2. The van der Waals surface area contributed by atoms with Gasteiger partial charge in [-0.3, -0.25) is 0 Å². The Labute approximate surface area is 98.7 Å². The highest BCUT2D eigenvalue weighted by atomic mass is 16.5. The SMILES string of the molecule is COc1ncc(C(O)C(O)CCO)c(OC)n1. The molecule has 0 saturated heterocycles. The molecule has 0 saturated carbocycles. The predicted octanol–water partition coefficient (Wildman–Crippen LogP) is -0.730. The normalized spacial score (nSPS) is 14.2. The monoisotopic (exact) mass is 244 g/mol. The lowest BCUT2D eigenvalue weighted by Gasteiger charge is -2.18. The number of methoxy groups -OCH3 is 2. The number of rotatable bonds is 6. The molecule has 2 unspecified atom stereocenters. The van der Waals surface area contributed by atoms with Gasteiger partial charge >= 0.3 is 6.01 Å². The molecule has 1 aromatic heterocycles. The van der Waals surface area contributed by atoms with Crippen molar-refractivity contribution in [2.75, 3.05) is 20.8 Å². The van der Waals surface area contributed by atoms with E-state index in [0.29, 0.717) is 0 Å². The third-order valence-electron chi connectivity index (χ3n) is 2.24. The van der Waals surface area contributed by atoms with Gasteiger partial charge in [-0.15, -0.1) is 0 Å². The first-order chi connectivity index (χ1) is 8.13. The number of aromatic nitrogens is 2. The zero-order valence-corrected chi connectivity index (χ0v) is 9.70. The summed E-state index contributed by atoms with van der Waals surface area (Å²) in [6.07, 6.45) is -0.958. The fraction of sp³-hybridized carbons (Fsp3) is 0.600. The maximum absolute atomic E-state index is 9.83. The standard InChI is InChI=1S/C10H16N2O5/c1-16-9-6(5-11-10(12-9)17-2)8(15)7(14)3-4-13/h5,7-8,13-15H,3-4H2,1-2H3. The molecule has 1 heterocycles. The van der Waals surface area contributed by atoms with E-state index in [4.69, 9.17) is 14.6 Å². The van der Waals surface area contributed by atoms with Crippen molar-refractivity contribution in [2.45, 2.75) is 18.6 Å². The van der Waals surface area contributed by atoms with Crippen LogP contribution in [-0.2, 0) is 0 Å². The topological polar surface area (TPSA) is 105 Å². The van der Waals surface area contributed by atoms with E-state index in [0.717, 1.165) is 0 Å². The van der Waals surface area contributed by atoms with Gasteiger partial charge in [0.2, 0.25) is 5.88 Å². The Morgan fingerprint density at radius 3 is 2.53 bits per heavy atom. The Morgan fingerprint density at radius 1 is 1.29 bits per heavy atom. The maximum Gasteiger partial charge on any atom is 0.319 e. The molecule has 2 atom stereocenters. The highest BCUT2D eigenvalue weighted by Crippen LogP contribution is 2.27. The maximum atomic E-state index is 9.83.